The Labute approximate surface area is 204 Å². The summed E-state index contributed by atoms with van der Waals surface area (Å²) in [5.74, 6) is 0.851. The minimum atomic E-state index is -0.385. The van der Waals surface area contributed by atoms with Crippen molar-refractivity contribution in [2.45, 2.75) is 19.4 Å². The number of halogens is 1. The number of piperazine rings is 1. The number of amides is 1. The Morgan fingerprint density at radius 1 is 1.03 bits per heavy atom. The van der Waals surface area contributed by atoms with Gasteiger partial charge in [0.05, 0.1) is 28.7 Å². The summed E-state index contributed by atoms with van der Waals surface area (Å²) >= 11 is 6.58. The van der Waals surface area contributed by atoms with Crippen LogP contribution in [-0.4, -0.2) is 46.3 Å². The molecule has 1 unspecified atom stereocenters. The van der Waals surface area contributed by atoms with Gasteiger partial charge in [0, 0.05) is 37.1 Å². The number of carbonyl (C=O) groups excluding carboxylic acids is 1. The molecule has 174 valence electrons. The van der Waals surface area contributed by atoms with E-state index in [1.165, 1.54) is 0 Å². The zero-order valence-electron chi connectivity index (χ0n) is 19.3. The SMILES string of the molecule is CC(O)Cc1ccc(N2CCN(c3ccc(Cl)c(-c4nc5ccccc5n4C)c3)CC2=O)cc1. The van der Waals surface area contributed by atoms with Gasteiger partial charge >= 0.3 is 0 Å². The van der Waals surface area contributed by atoms with Gasteiger partial charge < -0.3 is 19.5 Å². The highest BCUT2D eigenvalue weighted by molar-refractivity contribution is 6.33. The fraction of sp³-hybridized carbons (Fsp3) is 0.259. The summed E-state index contributed by atoms with van der Waals surface area (Å²) in [6.07, 6.45) is 0.219. The van der Waals surface area contributed by atoms with Gasteiger partial charge in [0.2, 0.25) is 5.91 Å². The number of carbonyl (C=O) groups is 1. The number of rotatable bonds is 5. The van der Waals surface area contributed by atoms with Crippen LogP contribution in [0.3, 0.4) is 0 Å². The van der Waals surface area contributed by atoms with E-state index >= 15 is 0 Å². The predicted octanol–water partition coefficient (Wildman–Crippen LogP) is 4.67. The highest BCUT2D eigenvalue weighted by Crippen LogP contribution is 2.33. The molecule has 34 heavy (non-hydrogen) atoms. The van der Waals surface area contributed by atoms with E-state index < -0.39 is 0 Å². The van der Waals surface area contributed by atoms with E-state index in [0.717, 1.165) is 39.4 Å². The Balaban J connectivity index is 1.37. The quantitative estimate of drug-likeness (QED) is 0.456. The molecule has 4 aromatic rings. The monoisotopic (exact) mass is 474 g/mol. The third kappa shape index (κ3) is 4.27. The van der Waals surface area contributed by atoms with Crippen LogP contribution in [0, 0.1) is 0 Å². The Morgan fingerprint density at radius 3 is 2.47 bits per heavy atom. The average Bonchev–Trinajstić information content (AvgIpc) is 3.16. The third-order valence-electron chi connectivity index (χ3n) is 6.34. The molecule has 6 nitrogen and oxygen atoms in total. The summed E-state index contributed by atoms with van der Waals surface area (Å²) in [5, 5.41) is 10.2. The Morgan fingerprint density at radius 2 is 1.76 bits per heavy atom. The highest BCUT2D eigenvalue weighted by Gasteiger charge is 2.26. The van der Waals surface area contributed by atoms with E-state index in [1.807, 2.05) is 83.2 Å². The molecule has 1 amide bonds. The number of aryl methyl sites for hydroxylation is 1. The summed E-state index contributed by atoms with van der Waals surface area (Å²) < 4.78 is 2.05. The molecule has 0 spiro atoms. The van der Waals surface area contributed by atoms with Gasteiger partial charge in [-0.15, -0.1) is 0 Å². The van der Waals surface area contributed by atoms with Crippen molar-refractivity contribution in [3.05, 3.63) is 77.3 Å². The predicted molar refractivity (Wildman–Crippen MR) is 138 cm³/mol. The summed E-state index contributed by atoms with van der Waals surface area (Å²) in [4.78, 5) is 21.7. The zero-order valence-corrected chi connectivity index (χ0v) is 20.0. The molecule has 1 N–H and O–H groups in total. The van der Waals surface area contributed by atoms with Crippen LogP contribution in [-0.2, 0) is 18.3 Å². The summed E-state index contributed by atoms with van der Waals surface area (Å²) in [6.45, 7) is 3.37. The van der Waals surface area contributed by atoms with Gasteiger partial charge in [-0.2, -0.15) is 0 Å². The first kappa shape index (κ1) is 22.4. The number of anilines is 2. The van der Waals surface area contributed by atoms with Gasteiger partial charge in [-0.25, -0.2) is 4.98 Å². The molecule has 3 aromatic carbocycles. The number of fused-ring (bicyclic) bond motifs is 1. The van der Waals surface area contributed by atoms with E-state index in [-0.39, 0.29) is 12.0 Å². The van der Waals surface area contributed by atoms with Crippen LogP contribution in [0.5, 0.6) is 0 Å². The summed E-state index contributed by atoms with van der Waals surface area (Å²) in [5.41, 5.74) is 5.70. The fourth-order valence-corrected chi connectivity index (χ4v) is 4.79. The standard InChI is InChI=1S/C27H27ClN4O2/c1-18(33)15-19-7-9-20(10-8-19)32-14-13-31(17-26(32)34)21-11-12-23(28)22(16-21)27-29-24-5-3-4-6-25(24)30(27)2/h3-12,16,18,33H,13-15,17H2,1-2H3. The first-order valence-electron chi connectivity index (χ1n) is 11.4. The second-order valence-corrected chi connectivity index (χ2v) is 9.24. The van der Waals surface area contributed by atoms with Crippen molar-refractivity contribution in [3.63, 3.8) is 0 Å². The number of aliphatic hydroxyl groups is 1. The molecule has 1 saturated heterocycles. The molecule has 1 atom stereocenters. The fourth-order valence-electron chi connectivity index (χ4n) is 4.59. The van der Waals surface area contributed by atoms with Gasteiger partial charge in [0.1, 0.15) is 5.82 Å². The Bertz CT molecular complexity index is 1350. The maximum Gasteiger partial charge on any atom is 0.246 e. The van der Waals surface area contributed by atoms with Crippen molar-refractivity contribution in [2.24, 2.45) is 7.05 Å². The van der Waals surface area contributed by atoms with Crippen molar-refractivity contribution in [1.82, 2.24) is 9.55 Å². The van der Waals surface area contributed by atoms with Crippen LogP contribution in [0.1, 0.15) is 12.5 Å². The lowest BCUT2D eigenvalue weighted by Gasteiger charge is -2.36. The number of hydrogen-bond acceptors (Lipinski definition) is 4. The molecule has 0 saturated carbocycles. The molecule has 1 aromatic heterocycles. The zero-order chi connectivity index (χ0) is 23.8. The molecule has 1 aliphatic heterocycles. The molecule has 0 radical (unpaired) electrons. The average molecular weight is 475 g/mol. The van der Waals surface area contributed by atoms with E-state index in [9.17, 15) is 9.90 Å². The lowest BCUT2D eigenvalue weighted by Crippen LogP contribution is -2.50. The normalized spacial score (nSPS) is 15.2. The minimum absolute atomic E-state index is 0.0498. The molecule has 2 heterocycles. The smallest absolute Gasteiger partial charge is 0.246 e. The third-order valence-corrected chi connectivity index (χ3v) is 6.67. The van der Waals surface area contributed by atoms with E-state index in [0.29, 0.717) is 31.1 Å². The number of aliphatic hydroxyl groups excluding tert-OH is 1. The molecule has 1 fully saturated rings. The number of para-hydroxylation sites is 2. The van der Waals surface area contributed by atoms with Crippen LogP contribution < -0.4 is 9.80 Å². The van der Waals surface area contributed by atoms with E-state index in [2.05, 4.69) is 4.90 Å². The van der Waals surface area contributed by atoms with Crippen molar-refractivity contribution in [2.75, 3.05) is 29.4 Å². The Hall–Kier alpha value is -3.35. The minimum Gasteiger partial charge on any atom is -0.393 e. The van der Waals surface area contributed by atoms with E-state index in [1.54, 1.807) is 6.92 Å². The van der Waals surface area contributed by atoms with Gasteiger partial charge in [-0.05, 0) is 61.4 Å². The topological polar surface area (TPSA) is 61.6 Å². The number of hydrogen-bond donors (Lipinski definition) is 1. The number of benzene rings is 3. The van der Waals surface area contributed by atoms with Crippen molar-refractivity contribution >= 4 is 39.9 Å². The second-order valence-electron chi connectivity index (χ2n) is 8.83. The van der Waals surface area contributed by atoms with Crippen molar-refractivity contribution in [3.8, 4) is 11.4 Å². The second kappa shape index (κ2) is 9.12. The molecule has 0 aliphatic carbocycles. The van der Waals surface area contributed by atoms with Gasteiger partial charge in [-0.1, -0.05) is 35.9 Å². The van der Waals surface area contributed by atoms with Crippen molar-refractivity contribution < 1.29 is 9.90 Å². The first-order valence-corrected chi connectivity index (χ1v) is 11.8. The lowest BCUT2D eigenvalue weighted by molar-refractivity contribution is -0.117. The maximum absolute atomic E-state index is 13.0. The molecular formula is C27H27ClN4O2. The molecular weight excluding hydrogens is 448 g/mol. The molecule has 0 bridgehead atoms. The Kier molecular flexibility index (Phi) is 6.02. The van der Waals surface area contributed by atoms with Crippen LogP contribution in [0.25, 0.3) is 22.4 Å². The largest absolute Gasteiger partial charge is 0.393 e. The molecule has 1 aliphatic rings. The highest BCUT2D eigenvalue weighted by atomic mass is 35.5. The number of aromatic nitrogens is 2. The number of nitrogens with zero attached hydrogens (tertiary/aromatic N) is 4. The molecule has 7 heteroatoms. The molecule has 5 rings (SSSR count). The maximum atomic E-state index is 13.0. The van der Waals surface area contributed by atoms with Gasteiger partial charge in [0.25, 0.3) is 0 Å². The summed E-state index contributed by atoms with van der Waals surface area (Å²) in [6, 6.07) is 21.7. The van der Waals surface area contributed by atoms with E-state index in [4.69, 9.17) is 16.6 Å². The van der Waals surface area contributed by atoms with Crippen LogP contribution in [0.15, 0.2) is 66.7 Å². The lowest BCUT2D eigenvalue weighted by atomic mass is 10.1. The summed E-state index contributed by atoms with van der Waals surface area (Å²) in [7, 11) is 1.99. The van der Waals surface area contributed by atoms with Gasteiger partial charge in [-0.3, -0.25) is 4.79 Å². The van der Waals surface area contributed by atoms with Gasteiger partial charge in [0.15, 0.2) is 0 Å². The van der Waals surface area contributed by atoms with Crippen LogP contribution in [0.4, 0.5) is 11.4 Å². The van der Waals surface area contributed by atoms with Crippen LogP contribution >= 0.6 is 11.6 Å². The number of imidazole rings is 1. The van der Waals surface area contributed by atoms with Crippen molar-refractivity contribution in [1.29, 1.82) is 0 Å². The first-order chi connectivity index (χ1) is 16.4. The van der Waals surface area contributed by atoms with Crippen LogP contribution in [0.2, 0.25) is 5.02 Å².